The van der Waals surface area contributed by atoms with Gasteiger partial charge < -0.3 is 14.4 Å². The zero-order chi connectivity index (χ0) is 21.1. The van der Waals surface area contributed by atoms with Crippen molar-refractivity contribution in [3.05, 3.63) is 24.0 Å². The van der Waals surface area contributed by atoms with E-state index in [4.69, 9.17) is 9.47 Å². The van der Waals surface area contributed by atoms with Crippen LogP contribution in [0.1, 0.15) is 77.6 Å². The fourth-order valence-electron chi connectivity index (χ4n) is 4.88. The summed E-state index contributed by atoms with van der Waals surface area (Å²) in [7, 11) is 3.81. The first-order chi connectivity index (χ1) is 14.0. The standard InChI is InChI=1S/C25H43NO3/c1-5-6-7-8-21-9-11-22(12-10-21)23-13-15-24(16-14-23)28-17-18-29-25(27)20(2)19-26(3)4/h15,21-23H,2,5-14,16-19H2,1,3-4H3. The van der Waals surface area contributed by atoms with Gasteiger partial charge in [0, 0.05) is 18.5 Å². The number of hydrogen-bond acceptors (Lipinski definition) is 4. The minimum atomic E-state index is -0.328. The number of carbonyl (C=O) groups excluding carboxylic acids is 1. The van der Waals surface area contributed by atoms with Crippen LogP contribution in [0.25, 0.3) is 0 Å². The van der Waals surface area contributed by atoms with Crippen LogP contribution in [0, 0.1) is 17.8 Å². The molecule has 4 nitrogen and oxygen atoms in total. The van der Waals surface area contributed by atoms with Crippen LogP contribution < -0.4 is 0 Å². The summed E-state index contributed by atoms with van der Waals surface area (Å²) in [4.78, 5) is 13.7. The van der Waals surface area contributed by atoms with Gasteiger partial charge in [-0.05, 0) is 63.6 Å². The molecule has 0 spiro atoms. The van der Waals surface area contributed by atoms with Gasteiger partial charge in [-0.25, -0.2) is 4.79 Å². The second kappa shape index (κ2) is 13.1. The number of rotatable bonds is 12. The molecule has 2 rings (SSSR count). The second-order valence-electron chi connectivity index (χ2n) is 9.31. The molecule has 0 aromatic carbocycles. The molecule has 1 atom stereocenters. The molecule has 0 aromatic rings. The first-order valence-corrected chi connectivity index (χ1v) is 11.8. The Labute approximate surface area is 178 Å². The molecule has 0 bridgehead atoms. The van der Waals surface area contributed by atoms with E-state index in [0.29, 0.717) is 18.7 Å². The smallest absolute Gasteiger partial charge is 0.334 e. The third-order valence-electron chi connectivity index (χ3n) is 6.58. The molecule has 0 N–H and O–H groups in total. The lowest BCUT2D eigenvalue weighted by Gasteiger charge is -2.35. The zero-order valence-electron chi connectivity index (χ0n) is 19.1. The molecule has 4 heteroatoms. The minimum Gasteiger partial charge on any atom is -0.495 e. The van der Waals surface area contributed by atoms with Crippen molar-refractivity contribution in [1.82, 2.24) is 4.90 Å². The van der Waals surface area contributed by atoms with Gasteiger partial charge in [0.2, 0.25) is 0 Å². The summed E-state index contributed by atoms with van der Waals surface area (Å²) in [6, 6.07) is 0. The largest absolute Gasteiger partial charge is 0.495 e. The summed E-state index contributed by atoms with van der Waals surface area (Å²) >= 11 is 0. The van der Waals surface area contributed by atoms with Crippen molar-refractivity contribution in [2.45, 2.75) is 77.6 Å². The van der Waals surface area contributed by atoms with Gasteiger partial charge in [-0.15, -0.1) is 0 Å². The van der Waals surface area contributed by atoms with Gasteiger partial charge >= 0.3 is 5.97 Å². The van der Waals surface area contributed by atoms with Crippen LogP contribution in [-0.4, -0.2) is 44.7 Å². The van der Waals surface area contributed by atoms with Gasteiger partial charge in [0.25, 0.3) is 0 Å². The lowest BCUT2D eigenvalue weighted by Crippen LogP contribution is -2.24. The molecule has 1 saturated carbocycles. The van der Waals surface area contributed by atoms with E-state index >= 15 is 0 Å². The number of carbonyl (C=O) groups is 1. The quantitative estimate of drug-likeness (QED) is 0.236. The minimum absolute atomic E-state index is 0.286. The molecule has 2 aliphatic rings. The Kier molecular flexibility index (Phi) is 10.8. The predicted octanol–water partition coefficient (Wildman–Crippen LogP) is 5.73. The fourth-order valence-corrected chi connectivity index (χ4v) is 4.88. The Hall–Kier alpha value is -1.29. The number of nitrogens with zero attached hydrogens (tertiary/aromatic N) is 1. The summed E-state index contributed by atoms with van der Waals surface area (Å²) < 4.78 is 11.1. The Morgan fingerprint density at radius 2 is 1.86 bits per heavy atom. The molecular weight excluding hydrogens is 362 g/mol. The number of allylic oxidation sites excluding steroid dienone is 2. The summed E-state index contributed by atoms with van der Waals surface area (Å²) in [5, 5.41) is 0. The van der Waals surface area contributed by atoms with Crippen LogP contribution in [0.2, 0.25) is 0 Å². The maximum absolute atomic E-state index is 11.8. The van der Waals surface area contributed by atoms with E-state index in [1.165, 1.54) is 57.8 Å². The van der Waals surface area contributed by atoms with E-state index in [-0.39, 0.29) is 12.6 Å². The monoisotopic (exact) mass is 405 g/mol. The van der Waals surface area contributed by atoms with Gasteiger partial charge in [-0.3, -0.25) is 0 Å². The fraction of sp³-hybridized carbons (Fsp3) is 0.800. The lowest BCUT2D eigenvalue weighted by atomic mass is 9.71. The molecular formula is C25H43NO3. The maximum atomic E-state index is 11.8. The van der Waals surface area contributed by atoms with Crippen LogP contribution in [0.5, 0.6) is 0 Å². The Bertz CT molecular complexity index is 532. The van der Waals surface area contributed by atoms with Crippen LogP contribution in [0.4, 0.5) is 0 Å². The van der Waals surface area contributed by atoms with E-state index in [9.17, 15) is 4.79 Å². The van der Waals surface area contributed by atoms with Gasteiger partial charge in [-0.1, -0.05) is 52.0 Å². The third-order valence-corrected chi connectivity index (χ3v) is 6.58. The molecule has 1 fully saturated rings. The average molecular weight is 406 g/mol. The van der Waals surface area contributed by atoms with Gasteiger partial charge in [0.15, 0.2) is 0 Å². The van der Waals surface area contributed by atoms with Crippen LogP contribution in [0.15, 0.2) is 24.0 Å². The highest BCUT2D eigenvalue weighted by atomic mass is 16.6. The molecule has 29 heavy (non-hydrogen) atoms. The molecule has 0 aromatic heterocycles. The third kappa shape index (κ3) is 8.94. The highest BCUT2D eigenvalue weighted by molar-refractivity contribution is 5.88. The second-order valence-corrected chi connectivity index (χ2v) is 9.31. The Morgan fingerprint density at radius 1 is 1.10 bits per heavy atom. The topological polar surface area (TPSA) is 38.8 Å². The SMILES string of the molecule is C=C(CN(C)C)C(=O)OCCOC1=CCC(C2CCC(CCCCC)CC2)CC1. The molecule has 0 radical (unpaired) electrons. The molecule has 0 heterocycles. The van der Waals surface area contributed by atoms with E-state index in [1.54, 1.807) is 0 Å². The van der Waals surface area contributed by atoms with Crippen molar-refractivity contribution in [2.24, 2.45) is 17.8 Å². The summed E-state index contributed by atoms with van der Waals surface area (Å²) in [6.07, 6.45) is 17.1. The normalized spacial score (nSPS) is 24.8. The van der Waals surface area contributed by atoms with Crippen molar-refractivity contribution in [1.29, 1.82) is 0 Å². The summed E-state index contributed by atoms with van der Waals surface area (Å²) in [5.41, 5.74) is 0.481. The van der Waals surface area contributed by atoms with E-state index in [1.807, 2.05) is 19.0 Å². The number of ether oxygens (including phenoxy) is 2. The molecule has 0 amide bonds. The predicted molar refractivity (Wildman–Crippen MR) is 120 cm³/mol. The van der Waals surface area contributed by atoms with Crippen molar-refractivity contribution in [3.63, 3.8) is 0 Å². The van der Waals surface area contributed by atoms with E-state index in [2.05, 4.69) is 19.6 Å². The van der Waals surface area contributed by atoms with E-state index < -0.39 is 0 Å². The number of unbranched alkanes of at least 4 members (excludes halogenated alkanes) is 2. The van der Waals surface area contributed by atoms with Crippen LogP contribution >= 0.6 is 0 Å². The summed E-state index contributed by atoms with van der Waals surface area (Å²) in [6.45, 7) is 7.30. The van der Waals surface area contributed by atoms with Gasteiger partial charge in [0.05, 0.1) is 5.76 Å². The Morgan fingerprint density at radius 3 is 2.48 bits per heavy atom. The summed E-state index contributed by atoms with van der Waals surface area (Å²) in [5.74, 6) is 3.50. The molecule has 2 aliphatic carbocycles. The average Bonchev–Trinajstić information content (AvgIpc) is 2.72. The zero-order valence-corrected chi connectivity index (χ0v) is 19.1. The van der Waals surface area contributed by atoms with Crippen LogP contribution in [-0.2, 0) is 14.3 Å². The highest BCUT2D eigenvalue weighted by Crippen LogP contribution is 2.40. The first-order valence-electron chi connectivity index (χ1n) is 11.8. The van der Waals surface area contributed by atoms with Crippen molar-refractivity contribution in [2.75, 3.05) is 33.9 Å². The van der Waals surface area contributed by atoms with E-state index in [0.717, 1.165) is 36.4 Å². The van der Waals surface area contributed by atoms with Crippen molar-refractivity contribution in [3.8, 4) is 0 Å². The van der Waals surface area contributed by atoms with Crippen LogP contribution in [0.3, 0.4) is 0 Å². The molecule has 0 aliphatic heterocycles. The number of esters is 1. The Balaban J connectivity index is 1.58. The molecule has 166 valence electrons. The van der Waals surface area contributed by atoms with Crippen molar-refractivity contribution >= 4 is 5.97 Å². The lowest BCUT2D eigenvalue weighted by molar-refractivity contribution is -0.140. The highest BCUT2D eigenvalue weighted by Gasteiger charge is 2.28. The number of likely N-dealkylation sites (N-methyl/N-ethyl adjacent to an activating group) is 1. The molecule has 1 unspecified atom stereocenters. The van der Waals surface area contributed by atoms with Gasteiger partial charge in [0.1, 0.15) is 13.2 Å². The van der Waals surface area contributed by atoms with Gasteiger partial charge in [-0.2, -0.15) is 0 Å². The van der Waals surface area contributed by atoms with Crippen molar-refractivity contribution < 1.29 is 14.3 Å². The number of hydrogen-bond donors (Lipinski definition) is 0. The maximum Gasteiger partial charge on any atom is 0.334 e. The first kappa shape index (κ1) is 24.0. The molecule has 0 saturated heterocycles.